The summed E-state index contributed by atoms with van der Waals surface area (Å²) in [5.74, 6) is -0.204. The van der Waals surface area contributed by atoms with Gasteiger partial charge in [-0.3, -0.25) is 4.79 Å². The molecule has 2 aromatic heterocycles. The van der Waals surface area contributed by atoms with E-state index in [0.29, 0.717) is 0 Å². The van der Waals surface area contributed by atoms with Gasteiger partial charge < -0.3 is 4.42 Å². The van der Waals surface area contributed by atoms with Crippen molar-refractivity contribution in [1.82, 2.24) is 15.2 Å². The van der Waals surface area contributed by atoms with Gasteiger partial charge >= 0.3 is 5.91 Å². The largest absolute Gasteiger partial charge is 0.459 e. The highest BCUT2D eigenvalue weighted by atomic mass is 16.3. The minimum absolute atomic E-state index is 0.205. The highest BCUT2D eigenvalue weighted by Crippen LogP contribution is 2.23. The maximum absolute atomic E-state index is 12.0. The van der Waals surface area contributed by atoms with E-state index in [-0.39, 0.29) is 5.76 Å². The fraction of sp³-hybridized carbons (Fsp3) is 0.0455. The molecule has 0 radical (unpaired) electrons. The summed E-state index contributed by atoms with van der Waals surface area (Å²) in [6.45, 7) is 2.04. The van der Waals surface area contributed by atoms with Gasteiger partial charge in [-0.2, -0.15) is 10.2 Å². The number of nitrogens with zero attached hydrogens (tertiary/aromatic N) is 3. The van der Waals surface area contributed by atoms with E-state index in [9.17, 15) is 4.79 Å². The molecule has 2 aromatic carbocycles. The molecule has 0 aliphatic heterocycles. The van der Waals surface area contributed by atoms with Crippen molar-refractivity contribution in [2.45, 2.75) is 6.92 Å². The van der Waals surface area contributed by atoms with E-state index in [1.54, 1.807) is 18.3 Å². The van der Waals surface area contributed by atoms with Crippen LogP contribution in [-0.4, -0.2) is 21.9 Å². The van der Waals surface area contributed by atoms with E-state index in [2.05, 4.69) is 10.5 Å². The zero-order valence-corrected chi connectivity index (χ0v) is 15.2. The van der Waals surface area contributed by atoms with Crippen molar-refractivity contribution >= 4 is 12.1 Å². The molecule has 4 aromatic rings. The number of amides is 1. The zero-order chi connectivity index (χ0) is 19.3. The standard InChI is InChI=1S/C22H18N4O2/c1-16-8-5-6-11-19(16)26-15-18(21(25-26)17-9-3-2-4-10-17)14-23-24-22(27)20-12-7-13-28-20/h2-15H,1H3,(H,24,27)/b23-14-. The Bertz CT molecular complexity index is 1110. The predicted octanol–water partition coefficient (Wildman–Crippen LogP) is 4.20. The number of benzene rings is 2. The monoisotopic (exact) mass is 370 g/mol. The molecule has 0 aliphatic carbocycles. The lowest BCUT2D eigenvalue weighted by Crippen LogP contribution is -2.16. The molecule has 4 rings (SSSR count). The van der Waals surface area contributed by atoms with Crippen LogP contribution in [0.1, 0.15) is 21.7 Å². The Hall–Kier alpha value is -3.93. The number of aryl methyl sites for hydroxylation is 1. The summed E-state index contributed by atoms with van der Waals surface area (Å²) in [5, 5.41) is 8.83. The van der Waals surface area contributed by atoms with Gasteiger partial charge in [-0.05, 0) is 30.7 Å². The first-order valence-electron chi connectivity index (χ1n) is 8.80. The third kappa shape index (κ3) is 3.61. The summed E-state index contributed by atoms with van der Waals surface area (Å²) in [6, 6.07) is 21.1. The molecule has 6 heteroatoms. The molecule has 0 fully saturated rings. The van der Waals surface area contributed by atoms with Crippen LogP contribution in [0, 0.1) is 6.92 Å². The number of rotatable bonds is 5. The van der Waals surface area contributed by atoms with Crippen LogP contribution in [0.2, 0.25) is 0 Å². The van der Waals surface area contributed by atoms with Crippen LogP contribution in [-0.2, 0) is 0 Å². The molecule has 0 unspecified atom stereocenters. The van der Waals surface area contributed by atoms with Crippen LogP contribution in [0.25, 0.3) is 16.9 Å². The molecule has 0 saturated carbocycles. The van der Waals surface area contributed by atoms with Crippen molar-refractivity contribution in [3.63, 3.8) is 0 Å². The summed E-state index contributed by atoms with van der Waals surface area (Å²) in [6.07, 6.45) is 4.93. The molecular formula is C22H18N4O2. The number of para-hydroxylation sites is 1. The first-order chi connectivity index (χ1) is 13.7. The van der Waals surface area contributed by atoms with E-state index >= 15 is 0 Å². The average Bonchev–Trinajstić information content (AvgIpc) is 3.39. The SMILES string of the molecule is Cc1ccccc1-n1cc(/C=N\NC(=O)c2ccco2)c(-c2ccccc2)n1. The van der Waals surface area contributed by atoms with Crippen molar-refractivity contribution in [1.29, 1.82) is 0 Å². The van der Waals surface area contributed by atoms with E-state index < -0.39 is 5.91 Å². The van der Waals surface area contributed by atoms with Crippen LogP contribution in [0.3, 0.4) is 0 Å². The number of carbonyl (C=O) groups excluding carboxylic acids is 1. The van der Waals surface area contributed by atoms with Crippen molar-refractivity contribution in [3.8, 4) is 16.9 Å². The Balaban J connectivity index is 1.68. The quantitative estimate of drug-likeness (QED) is 0.423. The Morgan fingerprint density at radius 3 is 2.61 bits per heavy atom. The summed E-state index contributed by atoms with van der Waals surface area (Å²) in [4.78, 5) is 12.0. The van der Waals surface area contributed by atoms with Crippen LogP contribution in [0.5, 0.6) is 0 Å². The van der Waals surface area contributed by atoms with Gasteiger partial charge in [-0.1, -0.05) is 48.5 Å². The number of hydrogen-bond donors (Lipinski definition) is 1. The summed E-state index contributed by atoms with van der Waals surface area (Å²) < 4.78 is 6.89. The first kappa shape index (κ1) is 17.5. The van der Waals surface area contributed by atoms with Crippen LogP contribution in [0.15, 0.2) is 88.7 Å². The smallest absolute Gasteiger partial charge is 0.307 e. The van der Waals surface area contributed by atoms with Crippen LogP contribution < -0.4 is 5.43 Å². The molecule has 138 valence electrons. The van der Waals surface area contributed by atoms with E-state index in [1.807, 2.05) is 72.4 Å². The average molecular weight is 370 g/mol. The topological polar surface area (TPSA) is 72.4 Å². The Morgan fingerprint density at radius 1 is 1.07 bits per heavy atom. The lowest BCUT2D eigenvalue weighted by atomic mass is 10.1. The van der Waals surface area contributed by atoms with E-state index in [1.165, 1.54) is 6.26 Å². The minimum Gasteiger partial charge on any atom is -0.459 e. The first-order valence-corrected chi connectivity index (χ1v) is 8.80. The molecule has 6 nitrogen and oxygen atoms in total. The molecule has 0 bridgehead atoms. The third-order valence-electron chi connectivity index (χ3n) is 4.27. The van der Waals surface area contributed by atoms with Gasteiger partial charge in [0.15, 0.2) is 5.76 Å². The van der Waals surface area contributed by atoms with Gasteiger partial charge in [-0.15, -0.1) is 0 Å². The molecule has 1 amide bonds. The maximum atomic E-state index is 12.0. The van der Waals surface area contributed by atoms with Gasteiger partial charge in [0.1, 0.15) is 5.69 Å². The minimum atomic E-state index is -0.409. The highest BCUT2D eigenvalue weighted by molar-refractivity contribution is 5.93. The molecule has 28 heavy (non-hydrogen) atoms. The number of hydrogen-bond acceptors (Lipinski definition) is 4. The maximum Gasteiger partial charge on any atom is 0.307 e. The Kier molecular flexibility index (Phi) is 4.84. The van der Waals surface area contributed by atoms with Gasteiger partial charge in [0, 0.05) is 17.3 Å². The van der Waals surface area contributed by atoms with E-state index in [4.69, 9.17) is 9.52 Å². The van der Waals surface area contributed by atoms with Crippen molar-refractivity contribution in [2.24, 2.45) is 5.10 Å². The third-order valence-corrected chi connectivity index (χ3v) is 4.27. The summed E-state index contributed by atoms with van der Waals surface area (Å²) >= 11 is 0. The van der Waals surface area contributed by atoms with Gasteiger partial charge in [0.25, 0.3) is 0 Å². The predicted molar refractivity (Wildman–Crippen MR) is 108 cm³/mol. The number of carbonyl (C=O) groups is 1. The van der Waals surface area contributed by atoms with Crippen molar-refractivity contribution < 1.29 is 9.21 Å². The number of aromatic nitrogens is 2. The summed E-state index contributed by atoms with van der Waals surface area (Å²) in [5.41, 5.74) is 7.10. The lowest BCUT2D eigenvalue weighted by molar-refractivity contribution is 0.0927. The van der Waals surface area contributed by atoms with Gasteiger partial charge in [0.2, 0.25) is 0 Å². The summed E-state index contributed by atoms with van der Waals surface area (Å²) in [7, 11) is 0. The van der Waals surface area contributed by atoms with Crippen molar-refractivity contribution in [2.75, 3.05) is 0 Å². The van der Waals surface area contributed by atoms with Crippen LogP contribution >= 0.6 is 0 Å². The number of hydrazone groups is 1. The molecule has 0 saturated heterocycles. The Morgan fingerprint density at radius 2 is 1.86 bits per heavy atom. The molecular weight excluding hydrogens is 352 g/mol. The highest BCUT2D eigenvalue weighted by Gasteiger charge is 2.12. The van der Waals surface area contributed by atoms with Gasteiger partial charge in [-0.25, -0.2) is 10.1 Å². The van der Waals surface area contributed by atoms with Crippen molar-refractivity contribution in [3.05, 3.63) is 96.1 Å². The van der Waals surface area contributed by atoms with Gasteiger partial charge in [0.05, 0.1) is 18.2 Å². The fourth-order valence-electron chi connectivity index (χ4n) is 2.87. The number of nitrogens with one attached hydrogen (secondary N) is 1. The lowest BCUT2D eigenvalue weighted by Gasteiger charge is -2.04. The zero-order valence-electron chi connectivity index (χ0n) is 15.2. The van der Waals surface area contributed by atoms with Crippen LogP contribution in [0.4, 0.5) is 0 Å². The molecule has 0 aliphatic rings. The molecule has 0 atom stereocenters. The Labute approximate surface area is 162 Å². The molecule has 2 heterocycles. The molecule has 1 N–H and O–H groups in total. The number of furan rings is 1. The molecule has 0 spiro atoms. The second-order valence-corrected chi connectivity index (χ2v) is 6.21. The second kappa shape index (κ2) is 7.75. The second-order valence-electron chi connectivity index (χ2n) is 6.21. The van der Waals surface area contributed by atoms with E-state index in [0.717, 1.165) is 28.1 Å². The fourth-order valence-corrected chi connectivity index (χ4v) is 2.87. The normalized spacial score (nSPS) is 11.0.